The van der Waals surface area contributed by atoms with Crippen molar-refractivity contribution in [3.05, 3.63) is 107 Å². The van der Waals surface area contributed by atoms with Gasteiger partial charge >= 0.3 is 5.97 Å². The Balaban J connectivity index is 1.70. The molecule has 4 aromatic rings. The number of aromatic nitrogens is 2. The van der Waals surface area contributed by atoms with Gasteiger partial charge in [-0.2, -0.15) is 4.73 Å². The van der Waals surface area contributed by atoms with E-state index < -0.39 is 12.1 Å². The topological polar surface area (TPSA) is 86.1 Å². The predicted molar refractivity (Wildman–Crippen MR) is 103 cm³/mol. The van der Waals surface area contributed by atoms with E-state index in [1.165, 1.54) is 24.5 Å². The Morgan fingerprint density at radius 1 is 0.929 bits per heavy atom. The molecule has 0 saturated heterocycles. The summed E-state index contributed by atoms with van der Waals surface area (Å²) in [5, 5.41) is 11.9. The van der Waals surface area contributed by atoms with Crippen LogP contribution >= 0.6 is 0 Å². The molecule has 0 aliphatic rings. The maximum absolute atomic E-state index is 13.3. The van der Waals surface area contributed by atoms with Crippen LogP contribution in [0.2, 0.25) is 0 Å². The second-order valence-corrected chi connectivity index (χ2v) is 6.25. The van der Waals surface area contributed by atoms with Crippen molar-refractivity contribution in [3.8, 4) is 0 Å². The molecule has 0 fully saturated rings. The van der Waals surface area contributed by atoms with Crippen molar-refractivity contribution in [1.82, 2.24) is 4.98 Å². The van der Waals surface area contributed by atoms with Gasteiger partial charge < -0.3 is 14.9 Å². The van der Waals surface area contributed by atoms with Crippen LogP contribution in [-0.4, -0.2) is 16.7 Å². The van der Waals surface area contributed by atoms with E-state index in [-0.39, 0.29) is 11.3 Å². The molecule has 0 aliphatic carbocycles. The molecule has 138 valence electrons. The number of carbonyl (C=O) groups is 2. The molecule has 0 unspecified atom stereocenters. The SMILES string of the molecule is O=C(O[C@@H](C(=O)c1c[nH]c2ccccc12)c1ccccc1)c1cc[n+]([O-])cc1. The van der Waals surface area contributed by atoms with Crippen molar-refractivity contribution in [3.63, 3.8) is 0 Å². The zero-order chi connectivity index (χ0) is 19.5. The minimum absolute atomic E-state index is 0.194. The number of rotatable bonds is 5. The fourth-order valence-corrected chi connectivity index (χ4v) is 3.04. The number of esters is 1. The lowest BCUT2D eigenvalue weighted by atomic mass is 9.99. The Bertz CT molecular complexity index is 1130. The highest BCUT2D eigenvalue weighted by Crippen LogP contribution is 2.27. The number of Topliss-reactive ketones (excluding diaryl/α,β-unsaturated/α-hetero) is 1. The largest absolute Gasteiger partial charge is 0.619 e. The molecule has 1 atom stereocenters. The number of pyridine rings is 1. The highest BCUT2D eigenvalue weighted by atomic mass is 16.5. The van der Waals surface area contributed by atoms with Crippen LogP contribution in [0.3, 0.4) is 0 Å². The highest BCUT2D eigenvalue weighted by molar-refractivity contribution is 6.11. The van der Waals surface area contributed by atoms with Crippen LogP contribution in [0.15, 0.2) is 85.3 Å². The Labute approximate surface area is 160 Å². The van der Waals surface area contributed by atoms with Gasteiger partial charge in [-0.15, -0.1) is 0 Å². The Morgan fingerprint density at radius 2 is 1.61 bits per heavy atom. The van der Waals surface area contributed by atoms with Crippen molar-refractivity contribution in [2.24, 2.45) is 0 Å². The van der Waals surface area contributed by atoms with Gasteiger partial charge in [-0.3, -0.25) is 4.79 Å². The third kappa shape index (κ3) is 3.35. The number of H-pyrrole nitrogens is 1. The summed E-state index contributed by atoms with van der Waals surface area (Å²) in [7, 11) is 0. The summed E-state index contributed by atoms with van der Waals surface area (Å²) in [5.74, 6) is -1.01. The summed E-state index contributed by atoms with van der Waals surface area (Å²) >= 11 is 0. The minimum Gasteiger partial charge on any atom is -0.619 e. The number of aromatic amines is 1. The molecule has 2 aromatic heterocycles. The second-order valence-electron chi connectivity index (χ2n) is 6.25. The summed E-state index contributed by atoms with van der Waals surface area (Å²) in [4.78, 5) is 28.9. The first-order valence-electron chi connectivity index (χ1n) is 8.68. The van der Waals surface area contributed by atoms with E-state index in [1.54, 1.807) is 30.5 Å². The third-order valence-electron chi connectivity index (χ3n) is 4.46. The highest BCUT2D eigenvalue weighted by Gasteiger charge is 2.28. The van der Waals surface area contributed by atoms with Gasteiger partial charge in [-0.05, 0) is 6.07 Å². The summed E-state index contributed by atoms with van der Waals surface area (Å²) in [6.45, 7) is 0. The Hall–Kier alpha value is -3.93. The standard InChI is InChI=1S/C22H16N2O4/c25-20(18-14-23-19-9-5-4-8-17(18)19)21(15-6-2-1-3-7-15)28-22(26)16-10-12-24(27)13-11-16/h1-14,21,23H/t21-/m1/s1. The van der Waals surface area contributed by atoms with Crippen LogP contribution in [0.4, 0.5) is 0 Å². The van der Waals surface area contributed by atoms with Gasteiger partial charge in [-0.1, -0.05) is 48.5 Å². The van der Waals surface area contributed by atoms with E-state index >= 15 is 0 Å². The maximum Gasteiger partial charge on any atom is 0.339 e. The molecule has 4 rings (SSSR count). The Morgan fingerprint density at radius 3 is 2.36 bits per heavy atom. The average molecular weight is 372 g/mol. The third-order valence-corrected chi connectivity index (χ3v) is 4.46. The summed E-state index contributed by atoms with van der Waals surface area (Å²) in [6.07, 6.45) is 2.93. The number of ketones is 1. The van der Waals surface area contributed by atoms with Gasteiger partial charge in [0.1, 0.15) is 0 Å². The molecule has 0 saturated carbocycles. The van der Waals surface area contributed by atoms with Crippen LogP contribution in [0, 0.1) is 5.21 Å². The lowest BCUT2D eigenvalue weighted by Crippen LogP contribution is -2.25. The van der Waals surface area contributed by atoms with Crippen LogP contribution in [0.25, 0.3) is 10.9 Å². The van der Waals surface area contributed by atoms with E-state index in [0.29, 0.717) is 15.9 Å². The molecular weight excluding hydrogens is 356 g/mol. The first kappa shape index (κ1) is 17.5. The number of carbonyl (C=O) groups excluding carboxylic acids is 2. The van der Waals surface area contributed by atoms with Crippen molar-refractivity contribution in [2.45, 2.75) is 6.10 Å². The number of nitrogens with zero attached hydrogens (tertiary/aromatic N) is 1. The number of nitrogens with one attached hydrogen (secondary N) is 1. The number of ether oxygens (including phenoxy) is 1. The zero-order valence-electron chi connectivity index (χ0n) is 14.7. The van der Waals surface area contributed by atoms with Gasteiger partial charge in [0, 0.05) is 40.4 Å². The number of para-hydroxylation sites is 1. The van der Waals surface area contributed by atoms with Crippen LogP contribution in [-0.2, 0) is 4.74 Å². The zero-order valence-corrected chi connectivity index (χ0v) is 14.7. The van der Waals surface area contributed by atoms with Crippen molar-refractivity contribution < 1.29 is 19.1 Å². The predicted octanol–water partition coefficient (Wildman–Crippen LogP) is 3.58. The van der Waals surface area contributed by atoms with E-state index in [1.807, 2.05) is 30.3 Å². The molecule has 0 aliphatic heterocycles. The van der Waals surface area contributed by atoms with Crippen LogP contribution in [0.5, 0.6) is 0 Å². The lowest BCUT2D eigenvalue weighted by molar-refractivity contribution is -0.605. The average Bonchev–Trinajstić information content (AvgIpc) is 3.17. The van der Waals surface area contributed by atoms with Crippen LogP contribution < -0.4 is 4.73 Å². The molecule has 6 heteroatoms. The number of fused-ring (bicyclic) bond motifs is 1. The van der Waals surface area contributed by atoms with Crippen molar-refractivity contribution in [2.75, 3.05) is 0 Å². The molecule has 2 aromatic carbocycles. The number of hydrogen-bond donors (Lipinski definition) is 1. The second kappa shape index (κ2) is 7.36. The lowest BCUT2D eigenvalue weighted by Gasteiger charge is -2.17. The smallest absolute Gasteiger partial charge is 0.339 e. The molecule has 0 amide bonds. The van der Waals surface area contributed by atoms with E-state index in [9.17, 15) is 14.8 Å². The summed E-state index contributed by atoms with van der Waals surface area (Å²) in [6, 6.07) is 19.0. The first-order chi connectivity index (χ1) is 13.6. The van der Waals surface area contributed by atoms with E-state index in [0.717, 1.165) is 10.9 Å². The van der Waals surface area contributed by atoms with E-state index in [4.69, 9.17) is 4.74 Å². The van der Waals surface area contributed by atoms with Crippen molar-refractivity contribution in [1.29, 1.82) is 0 Å². The molecule has 0 radical (unpaired) electrons. The fourth-order valence-electron chi connectivity index (χ4n) is 3.04. The molecule has 1 N–H and O–H groups in total. The molecule has 0 spiro atoms. The van der Waals surface area contributed by atoms with Crippen molar-refractivity contribution >= 4 is 22.7 Å². The molecule has 6 nitrogen and oxygen atoms in total. The molecule has 2 heterocycles. The fraction of sp³-hybridized carbons (Fsp3) is 0.0455. The van der Waals surface area contributed by atoms with Crippen LogP contribution in [0.1, 0.15) is 32.4 Å². The first-order valence-corrected chi connectivity index (χ1v) is 8.68. The molecular formula is C22H16N2O4. The minimum atomic E-state index is -1.10. The molecule has 28 heavy (non-hydrogen) atoms. The number of benzene rings is 2. The van der Waals surface area contributed by atoms with Gasteiger partial charge in [0.25, 0.3) is 0 Å². The van der Waals surface area contributed by atoms with Gasteiger partial charge in [0.2, 0.25) is 5.78 Å². The van der Waals surface area contributed by atoms with Gasteiger partial charge in [0.15, 0.2) is 18.5 Å². The Kier molecular flexibility index (Phi) is 4.60. The quantitative estimate of drug-likeness (QED) is 0.251. The van der Waals surface area contributed by atoms with E-state index in [2.05, 4.69) is 4.98 Å². The van der Waals surface area contributed by atoms with Gasteiger partial charge in [0.05, 0.1) is 5.56 Å². The van der Waals surface area contributed by atoms with Gasteiger partial charge in [-0.25, -0.2) is 4.79 Å². The summed E-state index contributed by atoms with van der Waals surface area (Å²) < 4.78 is 6.16. The maximum atomic E-state index is 13.3. The normalized spacial score (nSPS) is 11.9. The number of hydrogen-bond acceptors (Lipinski definition) is 4. The summed E-state index contributed by atoms with van der Waals surface area (Å²) in [5.41, 5.74) is 2.04. The molecule has 0 bridgehead atoms. The monoisotopic (exact) mass is 372 g/mol.